The normalized spacial score (nSPS) is 22.6. The van der Waals surface area contributed by atoms with Crippen molar-refractivity contribution in [1.29, 1.82) is 0 Å². The molecule has 16 heavy (non-hydrogen) atoms. The molecule has 88 valence electrons. The SMILES string of the molecule is OC1(CCn2cc3c(n2)CCOC3)CCC1. The van der Waals surface area contributed by atoms with E-state index in [1.807, 2.05) is 4.68 Å². The zero-order chi connectivity index (χ0) is 11.0. The molecular formula is C12H18N2O2. The van der Waals surface area contributed by atoms with E-state index in [1.165, 1.54) is 17.7 Å². The monoisotopic (exact) mass is 222 g/mol. The van der Waals surface area contributed by atoms with Crippen molar-refractivity contribution in [2.45, 2.75) is 50.9 Å². The Hall–Kier alpha value is -0.870. The summed E-state index contributed by atoms with van der Waals surface area (Å²) < 4.78 is 7.35. The molecule has 0 saturated heterocycles. The fourth-order valence-corrected chi connectivity index (χ4v) is 2.46. The van der Waals surface area contributed by atoms with Gasteiger partial charge in [0.05, 0.1) is 24.5 Å². The second kappa shape index (κ2) is 3.86. The second-order valence-electron chi connectivity index (χ2n) is 4.99. The maximum absolute atomic E-state index is 10.0. The molecule has 0 amide bonds. The van der Waals surface area contributed by atoms with Gasteiger partial charge in [0.15, 0.2) is 0 Å². The van der Waals surface area contributed by atoms with E-state index in [1.54, 1.807) is 0 Å². The molecule has 3 rings (SSSR count). The highest BCUT2D eigenvalue weighted by Crippen LogP contribution is 2.34. The first-order valence-electron chi connectivity index (χ1n) is 6.11. The van der Waals surface area contributed by atoms with Crippen molar-refractivity contribution in [3.8, 4) is 0 Å². The molecule has 1 N–H and O–H groups in total. The number of hydrogen-bond acceptors (Lipinski definition) is 3. The molecule has 0 spiro atoms. The van der Waals surface area contributed by atoms with E-state index in [-0.39, 0.29) is 0 Å². The molecule has 0 atom stereocenters. The summed E-state index contributed by atoms with van der Waals surface area (Å²) in [5.41, 5.74) is 1.99. The zero-order valence-corrected chi connectivity index (χ0v) is 9.48. The highest BCUT2D eigenvalue weighted by Gasteiger charge is 2.33. The quantitative estimate of drug-likeness (QED) is 0.837. The molecule has 4 heteroatoms. The van der Waals surface area contributed by atoms with Crippen molar-refractivity contribution in [1.82, 2.24) is 9.78 Å². The smallest absolute Gasteiger partial charge is 0.0750 e. The van der Waals surface area contributed by atoms with Crippen LogP contribution in [0, 0.1) is 0 Å². The minimum absolute atomic E-state index is 0.400. The van der Waals surface area contributed by atoms with Gasteiger partial charge in [-0.25, -0.2) is 0 Å². The van der Waals surface area contributed by atoms with Gasteiger partial charge in [-0.3, -0.25) is 4.68 Å². The number of aromatic nitrogens is 2. The first-order chi connectivity index (χ1) is 7.75. The van der Waals surface area contributed by atoms with E-state index in [2.05, 4.69) is 11.3 Å². The summed E-state index contributed by atoms with van der Waals surface area (Å²) in [6, 6.07) is 0. The van der Waals surface area contributed by atoms with Gasteiger partial charge in [-0.2, -0.15) is 5.10 Å². The fraction of sp³-hybridized carbons (Fsp3) is 0.750. The van der Waals surface area contributed by atoms with Gasteiger partial charge in [-0.1, -0.05) is 0 Å². The molecule has 0 radical (unpaired) electrons. The second-order valence-corrected chi connectivity index (χ2v) is 4.99. The van der Waals surface area contributed by atoms with Gasteiger partial charge in [0.25, 0.3) is 0 Å². The van der Waals surface area contributed by atoms with Crippen LogP contribution in [0.15, 0.2) is 6.20 Å². The molecular weight excluding hydrogens is 204 g/mol. The van der Waals surface area contributed by atoms with Gasteiger partial charge in [0.2, 0.25) is 0 Å². The molecule has 1 aromatic rings. The lowest BCUT2D eigenvalue weighted by molar-refractivity contribution is -0.0438. The van der Waals surface area contributed by atoms with Gasteiger partial charge in [0.1, 0.15) is 0 Å². The van der Waals surface area contributed by atoms with Crippen LogP contribution >= 0.6 is 0 Å². The summed E-state index contributed by atoms with van der Waals surface area (Å²) >= 11 is 0. The molecule has 1 aliphatic heterocycles. The van der Waals surface area contributed by atoms with E-state index in [4.69, 9.17) is 4.74 Å². The molecule has 1 aliphatic carbocycles. The molecule has 0 unspecified atom stereocenters. The highest BCUT2D eigenvalue weighted by atomic mass is 16.5. The van der Waals surface area contributed by atoms with E-state index < -0.39 is 5.60 Å². The van der Waals surface area contributed by atoms with E-state index in [0.717, 1.165) is 38.8 Å². The number of nitrogens with zero attached hydrogens (tertiary/aromatic N) is 2. The zero-order valence-electron chi connectivity index (χ0n) is 9.48. The third-order valence-electron chi connectivity index (χ3n) is 3.76. The number of hydrogen-bond donors (Lipinski definition) is 1. The number of rotatable bonds is 3. The van der Waals surface area contributed by atoms with Crippen LogP contribution in [0.5, 0.6) is 0 Å². The fourth-order valence-electron chi connectivity index (χ4n) is 2.46. The van der Waals surface area contributed by atoms with Crippen molar-refractivity contribution in [2.75, 3.05) is 6.61 Å². The lowest BCUT2D eigenvalue weighted by Crippen LogP contribution is -2.37. The Labute approximate surface area is 95.2 Å². The molecule has 1 saturated carbocycles. The molecule has 0 aromatic carbocycles. The Morgan fingerprint density at radius 2 is 2.38 bits per heavy atom. The Balaban J connectivity index is 1.64. The van der Waals surface area contributed by atoms with Crippen molar-refractivity contribution in [3.63, 3.8) is 0 Å². The summed E-state index contributed by atoms with van der Waals surface area (Å²) in [6.45, 7) is 2.30. The minimum Gasteiger partial charge on any atom is -0.390 e. The van der Waals surface area contributed by atoms with Gasteiger partial charge < -0.3 is 9.84 Å². The van der Waals surface area contributed by atoms with Crippen LogP contribution in [0.25, 0.3) is 0 Å². The molecule has 4 nitrogen and oxygen atoms in total. The highest BCUT2D eigenvalue weighted by molar-refractivity contribution is 5.18. The topological polar surface area (TPSA) is 47.3 Å². The summed E-state index contributed by atoms with van der Waals surface area (Å²) in [6.07, 6.45) is 6.89. The molecule has 2 heterocycles. The number of aliphatic hydroxyl groups is 1. The first-order valence-corrected chi connectivity index (χ1v) is 6.11. The van der Waals surface area contributed by atoms with E-state index in [9.17, 15) is 5.11 Å². The van der Waals surface area contributed by atoms with Crippen molar-refractivity contribution in [2.24, 2.45) is 0 Å². The van der Waals surface area contributed by atoms with Crippen LogP contribution in [0.2, 0.25) is 0 Å². The number of ether oxygens (including phenoxy) is 1. The lowest BCUT2D eigenvalue weighted by Gasteiger charge is -2.36. The Bertz CT molecular complexity index is 359. The molecule has 2 aliphatic rings. The molecule has 1 aromatic heterocycles. The lowest BCUT2D eigenvalue weighted by atomic mass is 9.78. The third kappa shape index (κ3) is 1.87. The Morgan fingerprint density at radius 1 is 1.50 bits per heavy atom. The van der Waals surface area contributed by atoms with Gasteiger partial charge in [-0.15, -0.1) is 0 Å². The Kier molecular flexibility index (Phi) is 2.48. The average molecular weight is 222 g/mol. The van der Waals surface area contributed by atoms with E-state index >= 15 is 0 Å². The van der Waals surface area contributed by atoms with Crippen LogP contribution in [-0.4, -0.2) is 27.1 Å². The largest absolute Gasteiger partial charge is 0.390 e. The Morgan fingerprint density at radius 3 is 3.06 bits per heavy atom. The molecule has 0 bridgehead atoms. The minimum atomic E-state index is -0.400. The van der Waals surface area contributed by atoms with Crippen LogP contribution in [0.4, 0.5) is 0 Å². The first kappa shape index (κ1) is 10.3. The summed E-state index contributed by atoms with van der Waals surface area (Å²) in [5, 5.41) is 14.5. The third-order valence-corrected chi connectivity index (χ3v) is 3.76. The van der Waals surface area contributed by atoms with E-state index in [0.29, 0.717) is 6.61 Å². The van der Waals surface area contributed by atoms with Crippen LogP contribution in [-0.2, 0) is 24.3 Å². The molecule has 1 fully saturated rings. The standard InChI is InChI=1S/C12H18N2O2/c15-12(3-1-4-12)5-6-14-8-10-9-16-7-2-11(10)13-14/h8,15H,1-7,9H2. The predicted octanol–water partition coefficient (Wildman–Crippen LogP) is 1.26. The number of aryl methyl sites for hydroxylation is 1. The maximum atomic E-state index is 10.0. The van der Waals surface area contributed by atoms with Gasteiger partial charge in [0, 0.05) is 24.7 Å². The summed E-state index contributed by atoms with van der Waals surface area (Å²) in [5.74, 6) is 0. The van der Waals surface area contributed by atoms with Crippen molar-refractivity contribution in [3.05, 3.63) is 17.5 Å². The van der Waals surface area contributed by atoms with Crippen molar-refractivity contribution < 1.29 is 9.84 Å². The van der Waals surface area contributed by atoms with Gasteiger partial charge >= 0.3 is 0 Å². The van der Waals surface area contributed by atoms with Crippen LogP contribution < -0.4 is 0 Å². The van der Waals surface area contributed by atoms with Crippen LogP contribution in [0.3, 0.4) is 0 Å². The van der Waals surface area contributed by atoms with Crippen LogP contribution in [0.1, 0.15) is 36.9 Å². The maximum Gasteiger partial charge on any atom is 0.0750 e. The number of fused-ring (bicyclic) bond motifs is 1. The van der Waals surface area contributed by atoms with Crippen molar-refractivity contribution >= 4 is 0 Å². The predicted molar refractivity (Wildman–Crippen MR) is 59.0 cm³/mol. The average Bonchev–Trinajstić information content (AvgIpc) is 2.66. The summed E-state index contributed by atoms with van der Waals surface area (Å²) in [7, 11) is 0. The van der Waals surface area contributed by atoms with Gasteiger partial charge in [-0.05, 0) is 25.7 Å². The summed E-state index contributed by atoms with van der Waals surface area (Å²) in [4.78, 5) is 0.